The van der Waals surface area contributed by atoms with Crippen LogP contribution in [0.4, 0.5) is 5.95 Å². The fraction of sp³-hybridized carbons (Fsp3) is 0.286. The Kier molecular flexibility index (Phi) is 4.12. The number of ketones is 1. The average Bonchev–Trinajstić information content (AvgIpc) is 3.30. The molecule has 1 aromatic carbocycles. The maximum atomic E-state index is 13.1. The summed E-state index contributed by atoms with van der Waals surface area (Å²) in [5.41, 5.74) is 2.15. The van der Waals surface area contributed by atoms with Crippen LogP contribution in [0.3, 0.4) is 0 Å². The van der Waals surface area contributed by atoms with E-state index in [-0.39, 0.29) is 11.2 Å². The molecule has 8 heteroatoms. The smallest absolute Gasteiger partial charge is 0.226 e. The van der Waals surface area contributed by atoms with Crippen LogP contribution in [0.2, 0.25) is 10.0 Å². The van der Waals surface area contributed by atoms with E-state index in [1.54, 1.807) is 22.9 Å². The van der Waals surface area contributed by atoms with E-state index in [1.165, 1.54) is 6.33 Å². The van der Waals surface area contributed by atoms with Crippen molar-refractivity contribution in [2.75, 3.05) is 5.32 Å². The van der Waals surface area contributed by atoms with Gasteiger partial charge in [-0.15, -0.1) is 0 Å². The van der Waals surface area contributed by atoms with E-state index in [4.69, 9.17) is 27.6 Å². The molecule has 0 amide bonds. The molecule has 3 heterocycles. The lowest BCUT2D eigenvalue weighted by atomic mass is 9.73. The van der Waals surface area contributed by atoms with Crippen LogP contribution >= 0.6 is 23.2 Å². The van der Waals surface area contributed by atoms with E-state index in [9.17, 15) is 4.79 Å². The highest BCUT2D eigenvalue weighted by atomic mass is 35.5. The molecule has 1 N–H and O–H groups in total. The highest BCUT2D eigenvalue weighted by molar-refractivity contribution is 6.35. The third-order valence-corrected chi connectivity index (χ3v) is 5.93. The zero-order valence-corrected chi connectivity index (χ0v) is 17.4. The monoisotopic (exact) mass is 428 g/mol. The first-order valence-corrected chi connectivity index (χ1v) is 10.1. The Morgan fingerprint density at radius 1 is 1.21 bits per heavy atom. The zero-order valence-electron chi connectivity index (χ0n) is 15.9. The van der Waals surface area contributed by atoms with Crippen LogP contribution in [0.15, 0.2) is 52.3 Å². The molecule has 1 atom stereocenters. The lowest BCUT2D eigenvalue weighted by molar-refractivity contribution is -0.118. The van der Waals surface area contributed by atoms with E-state index in [1.807, 2.05) is 12.1 Å². The summed E-state index contributed by atoms with van der Waals surface area (Å²) < 4.78 is 7.87. The number of Topliss-reactive ketones (excluding diaryl/α,β-unsaturated/α-hetero) is 1. The zero-order chi connectivity index (χ0) is 20.3. The number of hydrogen-bond donors (Lipinski definition) is 1. The Balaban J connectivity index is 1.64. The summed E-state index contributed by atoms with van der Waals surface area (Å²) in [7, 11) is 0. The van der Waals surface area contributed by atoms with E-state index < -0.39 is 6.04 Å². The van der Waals surface area contributed by atoms with Crippen molar-refractivity contribution in [3.63, 3.8) is 0 Å². The molecule has 0 saturated heterocycles. The minimum Gasteiger partial charge on any atom is -0.458 e. The second-order valence-electron chi connectivity index (χ2n) is 8.22. The molecule has 2 aliphatic rings. The minimum atomic E-state index is -0.473. The minimum absolute atomic E-state index is 0.0913. The van der Waals surface area contributed by atoms with Crippen molar-refractivity contribution in [2.24, 2.45) is 5.41 Å². The van der Waals surface area contributed by atoms with Crippen LogP contribution in [-0.2, 0) is 4.79 Å². The first-order chi connectivity index (χ1) is 13.8. The summed E-state index contributed by atoms with van der Waals surface area (Å²) in [6.45, 7) is 4.19. The van der Waals surface area contributed by atoms with Crippen molar-refractivity contribution >= 4 is 34.9 Å². The van der Waals surface area contributed by atoms with E-state index in [0.717, 1.165) is 12.1 Å². The van der Waals surface area contributed by atoms with Crippen LogP contribution < -0.4 is 5.32 Å². The summed E-state index contributed by atoms with van der Waals surface area (Å²) in [5, 5.41) is 8.73. The lowest BCUT2D eigenvalue weighted by Crippen LogP contribution is -2.36. The number of carbonyl (C=O) groups excluding carboxylic acids is 1. The summed E-state index contributed by atoms with van der Waals surface area (Å²) in [6, 6.07) is 8.43. The molecule has 1 unspecified atom stereocenters. The van der Waals surface area contributed by atoms with Crippen LogP contribution in [0, 0.1) is 5.41 Å². The first kappa shape index (κ1) is 18.5. The molecule has 1 aliphatic carbocycles. The third-order valence-electron chi connectivity index (χ3n) is 5.36. The normalized spacial score (nSPS) is 20.3. The number of nitrogens with one attached hydrogen (secondary N) is 1. The maximum absolute atomic E-state index is 13.1. The van der Waals surface area contributed by atoms with Gasteiger partial charge in [-0.25, -0.2) is 4.68 Å². The van der Waals surface area contributed by atoms with Crippen molar-refractivity contribution in [1.82, 2.24) is 14.8 Å². The molecule has 1 aliphatic heterocycles. The fourth-order valence-corrected chi connectivity index (χ4v) is 4.53. The Bertz CT molecular complexity index is 1180. The molecule has 29 heavy (non-hydrogen) atoms. The molecule has 0 bridgehead atoms. The number of carbonyl (C=O) groups is 1. The van der Waals surface area contributed by atoms with Gasteiger partial charge in [-0.3, -0.25) is 4.79 Å². The third kappa shape index (κ3) is 3.07. The van der Waals surface area contributed by atoms with Crippen molar-refractivity contribution in [2.45, 2.75) is 32.7 Å². The van der Waals surface area contributed by atoms with E-state index in [2.05, 4.69) is 29.2 Å². The molecule has 2 aromatic heterocycles. The summed E-state index contributed by atoms with van der Waals surface area (Å²) in [4.78, 5) is 17.4. The first-order valence-electron chi connectivity index (χ1n) is 9.30. The SMILES string of the molecule is CC1(C)CC(=O)C2=C(C1)Nc1ncnn1C2c1ccc(-c2cc(Cl)ccc2Cl)o1. The van der Waals surface area contributed by atoms with E-state index >= 15 is 0 Å². The van der Waals surface area contributed by atoms with Gasteiger partial charge < -0.3 is 9.73 Å². The number of allylic oxidation sites excluding steroid dienone is 2. The van der Waals surface area contributed by atoms with Gasteiger partial charge in [-0.1, -0.05) is 37.0 Å². The summed E-state index contributed by atoms with van der Waals surface area (Å²) >= 11 is 12.5. The number of fused-ring (bicyclic) bond motifs is 1. The van der Waals surface area contributed by atoms with Crippen molar-refractivity contribution in [3.05, 3.63) is 63.7 Å². The molecular formula is C21H18Cl2N4O2. The molecule has 0 saturated carbocycles. The van der Waals surface area contributed by atoms with Crippen LogP contribution in [0.5, 0.6) is 0 Å². The number of aromatic nitrogens is 3. The molecule has 3 aromatic rings. The standard InChI is InChI=1S/C21H18Cl2N4O2/c1-21(2)8-14-18(15(28)9-21)19(27-20(26-14)24-10-25-27)17-6-5-16(29-17)12-7-11(22)3-4-13(12)23/h3-7,10,19H,8-9H2,1-2H3,(H,24,25,26). The van der Waals surface area contributed by atoms with Gasteiger partial charge in [0.25, 0.3) is 0 Å². The molecule has 0 radical (unpaired) electrons. The molecule has 0 spiro atoms. The van der Waals surface area contributed by atoms with Gasteiger partial charge in [0.2, 0.25) is 5.95 Å². The second-order valence-corrected chi connectivity index (χ2v) is 9.06. The Hall–Kier alpha value is -2.57. The number of furan rings is 1. The molecule has 148 valence electrons. The van der Waals surface area contributed by atoms with Crippen molar-refractivity contribution in [3.8, 4) is 11.3 Å². The second kappa shape index (κ2) is 6.47. The lowest BCUT2D eigenvalue weighted by Gasteiger charge is -2.37. The molecule has 0 fully saturated rings. The largest absolute Gasteiger partial charge is 0.458 e. The van der Waals surface area contributed by atoms with Crippen molar-refractivity contribution in [1.29, 1.82) is 0 Å². The molecule has 5 rings (SSSR count). The quantitative estimate of drug-likeness (QED) is 0.582. The topological polar surface area (TPSA) is 73.0 Å². The number of nitrogens with zero attached hydrogens (tertiary/aromatic N) is 3. The van der Waals surface area contributed by atoms with Crippen LogP contribution in [-0.4, -0.2) is 20.5 Å². The molecule has 6 nitrogen and oxygen atoms in total. The van der Waals surface area contributed by atoms with Crippen molar-refractivity contribution < 1.29 is 9.21 Å². The van der Waals surface area contributed by atoms with Gasteiger partial charge in [-0.2, -0.15) is 10.1 Å². The highest BCUT2D eigenvalue weighted by Crippen LogP contribution is 2.46. The number of anilines is 1. The van der Waals surface area contributed by atoms with Crippen LogP contribution in [0.25, 0.3) is 11.3 Å². The fourth-order valence-electron chi connectivity index (χ4n) is 4.14. The van der Waals surface area contributed by atoms with Crippen LogP contribution in [0.1, 0.15) is 38.5 Å². The highest BCUT2D eigenvalue weighted by Gasteiger charge is 2.42. The van der Waals surface area contributed by atoms with Gasteiger partial charge in [0.05, 0.1) is 5.02 Å². The predicted octanol–water partition coefficient (Wildman–Crippen LogP) is 5.50. The van der Waals surface area contributed by atoms with Gasteiger partial charge >= 0.3 is 0 Å². The van der Waals surface area contributed by atoms with Gasteiger partial charge in [0, 0.05) is 28.3 Å². The summed E-state index contributed by atoms with van der Waals surface area (Å²) in [5.74, 6) is 1.87. The predicted molar refractivity (Wildman–Crippen MR) is 111 cm³/mol. The van der Waals surface area contributed by atoms with Gasteiger partial charge in [0.1, 0.15) is 23.9 Å². The maximum Gasteiger partial charge on any atom is 0.226 e. The number of hydrogen-bond acceptors (Lipinski definition) is 5. The average molecular weight is 429 g/mol. The Morgan fingerprint density at radius 3 is 2.86 bits per heavy atom. The van der Waals surface area contributed by atoms with Gasteiger partial charge in [-0.05, 0) is 42.2 Å². The number of benzene rings is 1. The number of halogens is 2. The number of rotatable bonds is 2. The van der Waals surface area contributed by atoms with E-state index in [0.29, 0.717) is 45.1 Å². The Labute approximate surface area is 177 Å². The summed E-state index contributed by atoms with van der Waals surface area (Å²) in [6.07, 6.45) is 2.70. The Morgan fingerprint density at radius 2 is 2.03 bits per heavy atom. The molecular weight excluding hydrogens is 411 g/mol. The van der Waals surface area contributed by atoms with Gasteiger partial charge in [0.15, 0.2) is 5.78 Å².